The zero-order valence-corrected chi connectivity index (χ0v) is 22.6. The molecule has 5 rings (SSSR count). The molecule has 3 fully saturated rings. The summed E-state index contributed by atoms with van der Waals surface area (Å²) in [6, 6.07) is 0. The molecule has 1 saturated heterocycles. The Morgan fingerprint density at radius 2 is 1.85 bits per heavy atom. The monoisotopic (exact) mass is 484 g/mol. The highest BCUT2D eigenvalue weighted by Crippen LogP contribution is 2.66. The topological polar surface area (TPSA) is 75.2 Å². The SMILES string of the molecule is CC1=C2N(C)C(=O)CC[C@]2(C)[C@@H]2CC[C@]3(C)C(C(=O)Nc4nnc(C(C)(C)C)s4)CC[C@H]3[C@@H]2C1. The Morgan fingerprint density at radius 3 is 2.53 bits per heavy atom. The molecule has 1 aromatic heterocycles. The second-order valence-electron chi connectivity index (χ2n) is 12.9. The van der Waals surface area contributed by atoms with Gasteiger partial charge in [0.2, 0.25) is 16.9 Å². The van der Waals surface area contributed by atoms with Gasteiger partial charge in [-0.15, -0.1) is 10.2 Å². The Bertz CT molecular complexity index is 1060. The molecule has 0 radical (unpaired) electrons. The van der Waals surface area contributed by atoms with E-state index in [-0.39, 0.29) is 34.0 Å². The molecule has 1 aliphatic heterocycles. The van der Waals surface area contributed by atoms with Crippen LogP contribution in [0.4, 0.5) is 5.13 Å². The summed E-state index contributed by atoms with van der Waals surface area (Å²) in [6.45, 7) is 13.4. The summed E-state index contributed by atoms with van der Waals surface area (Å²) < 4.78 is 0. The molecular formula is C27H40N4O2S. The Hall–Kier alpha value is -1.76. The van der Waals surface area contributed by atoms with Gasteiger partial charge in [-0.25, -0.2) is 0 Å². The van der Waals surface area contributed by atoms with E-state index in [0.29, 0.717) is 29.3 Å². The van der Waals surface area contributed by atoms with Crippen LogP contribution in [0.2, 0.25) is 0 Å². The van der Waals surface area contributed by atoms with Crippen LogP contribution in [0, 0.1) is 34.5 Å². The van der Waals surface area contributed by atoms with E-state index in [1.807, 2.05) is 11.9 Å². The van der Waals surface area contributed by atoms with Gasteiger partial charge in [-0.1, -0.05) is 51.5 Å². The van der Waals surface area contributed by atoms with Crippen LogP contribution in [-0.2, 0) is 15.0 Å². The Kier molecular flexibility index (Phi) is 5.55. The van der Waals surface area contributed by atoms with E-state index in [1.165, 1.54) is 22.6 Å². The van der Waals surface area contributed by atoms with Gasteiger partial charge in [0.25, 0.3) is 0 Å². The highest BCUT2D eigenvalue weighted by molar-refractivity contribution is 7.15. The van der Waals surface area contributed by atoms with E-state index in [2.05, 4.69) is 57.1 Å². The lowest BCUT2D eigenvalue weighted by atomic mass is 9.48. The van der Waals surface area contributed by atoms with Crippen molar-refractivity contribution in [3.63, 3.8) is 0 Å². The molecule has 2 amide bonds. The van der Waals surface area contributed by atoms with Gasteiger partial charge in [0.1, 0.15) is 5.01 Å². The summed E-state index contributed by atoms with van der Waals surface area (Å²) in [5.41, 5.74) is 2.72. The molecule has 6 nitrogen and oxygen atoms in total. The number of carbonyl (C=O) groups is 2. The van der Waals surface area contributed by atoms with E-state index in [1.54, 1.807) is 0 Å². The van der Waals surface area contributed by atoms with Crippen molar-refractivity contribution in [2.45, 2.75) is 91.9 Å². The minimum Gasteiger partial charge on any atom is -0.319 e. The number of nitrogens with one attached hydrogen (secondary N) is 1. The number of likely N-dealkylation sites (tertiary alicyclic amines) is 1. The van der Waals surface area contributed by atoms with Crippen LogP contribution in [0.5, 0.6) is 0 Å². The molecular weight excluding hydrogens is 444 g/mol. The summed E-state index contributed by atoms with van der Waals surface area (Å²) >= 11 is 1.49. The molecule has 2 heterocycles. The van der Waals surface area contributed by atoms with Crippen molar-refractivity contribution in [1.82, 2.24) is 15.1 Å². The maximum absolute atomic E-state index is 13.5. The first-order valence-electron chi connectivity index (χ1n) is 13.0. The second-order valence-corrected chi connectivity index (χ2v) is 13.9. The molecule has 3 aliphatic carbocycles. The number of hydrogen-bond donors (Lipinski definition) is 1. The lowest BCUT2D eigenvalue weighted by molar-refractivity contribution is -0.137. The minimum atomic E-state index is -0.0669. The molecule has 0 bridgehead atoms. The number of hydrogen-bond acceptors (Lipinski definition) is 5. The number of aromatic nitrogens is 2. The Labute approximate surface area is 208 Å². The van der Waals surface area contributed by atoms with E-state index in [0.717, 1.165) is 43.5 Å². The van der Waals surface area contributed by atoms with Crippen LogP contribution in [0.1, 0.15) is 91.5 Å². The van der Waals surface area contributed by atoms with Crippen LogP contribution in [0.15, 0.2) is 11.3 Å². The van der Waals surface area contributed by atoms with Crippen molar-refractivity contribution in [3.05, 3.63) is 16.3 Å². The molecule has 6 atom stereocenters. The largest absolute Gasteiger partial charge is 0.319 e. The van der Waals surface area contributed by atoms with Gasteiger partial charge >= 0.3 is 0 Å². The molecule has 1 aromatic rings. The van der Waals surface area contributed by atoms with E-state index >= 15 is 0 Å². The van der Waals surface area contributed by atoms with Crippen molar-refractivity contribution >= 4 is 28.3 Å². The number of fused-ring (bicyclic) bond motifs is 5. The third-order valence-corrected chi connectivity index (χ3v) is 11.2. The van der Waals surface area contributed by atoms with Gasteiger partial charge in [-0.05, 0) is 68.6 Å². The van der Waals surface area contributed by atoms with Crippen molar-refractivity contribution in [2.75, 3.05) is 12.4 Å². The molecule has 0 aromatic carbocycles. The molecule has 186 valence electrons. The number of rotatable bonds is 2. The van der Waals surface area contributed by atoms with Gasteiger partial charge in [0, 0.05) is 35.9 Å². The van der Waals surface area contributed by atoms with Gasteiger partial charge < -0.3 is 10.2 Å². The maximum Gasteiger partial charge on any atom is 0.229 e. The Balaban J connectivity index is 1.38. The predicted octanol–water partition coefficient (Wildman–Crippen LogP) is 5.77. The lowest BCUT2D eigenvalue weighted by Gasteiger charge is -2.59. The van der Waals surface area contributed by atoms with Crippen LogP contribution in [0.25, 0.3) is 0 Å². The summed E-state index contributed by atoms with van der Waals surface area (Å²) in [5, 5.41) is 13.3. The van der Waals surface area contributed by atoms with Gasteiger partial charge in [-0.3, -0.25) is 9.59 Å². The number of carbonyl (C=O) groups excluding carboxylic acids is 2. The zero-order valence-electron chi connectivity index (χ0n) is 21.8. The molecule has 34 heavy (non-hydrogen) atoms. The number of allylic oxidation sites excluding steroid dienone is 2. The molecule has 4 aliphatic rings. The molecule has 1 unspecified atom stereocenters. The van der Waals surface area contributed by atoms with Crippen LogP contribution in [0.3, 0.4) is 0 Å². The number of nitrogens with zero attached hydrogens (tertiary/aromatic N) is 3. The van der Waals surface area contributed by atoms with Crippen LogP contribution < -0.4 is 5.32 Å². The predicted molar refractivity (Wildman–Crippen MR) is 135 cm³/mol. The fourth-order valence-electron chi connectivity index (χ4n) is 8.31. The van der Waals surface area contributed by atoms with E-state index in [4.69, 9.17) is 0 Å². The van der Waals surface area contributed by atoms with Crippen LogP contribution >= 0.6 is 11.3 Å². The summed E-state index contributed by atoms with van der Waals surface area (Å²) in [6.07, 6.45) is 6.97. The fourth-order valence-corrected chi connectivity index (χ4v) is 9.11. The Morgan fingerprint density at radius 1 is 1.12 bits per heavy atom. The molecule has 7 heteroatoms. The van der Waals surface area contributed by atoms with Crippen LogP contribution in [-0.4, -0.2) is 34.0 Å². The number of piperidine rings is 1. The molecule has 0 spiro atoms. The summed E-state index contributed by atoms with van der Waals surface area (Å²) in [4.78, 5) is 28.0. The third kappa shape index (κ3) is 3.48. The summed E-state index contributed by atoms with van der Waals surface area (Å²) in [5.74, 6) is 2.15. The van der Waals surface area contributed by atoms with Gasteiger partial charge in [-0.2, -0.15) is 0 Å². The lowest BCUT2D eigenvalue weighted by Crippen LogP contribution is -2.54. The quantitative estimate of drug-likeness (QED) is 0.578. The maximum atomic E-state index is 13.5. The average Bonchev–Trinajstić information content (AvgIpc) is 3.35. The highest BCUT2D eigenvalue weighted by atomic mass is 32.1. The highest BCUT2D eigenvalue weighted by Gasteiger charge is 2.61. The molecule has 2 saturated carbocycles. The van der Waals surface area contributed by atoms with Gasteiger partial charge in [0.05, 0.1) is 0 Å². The van der Waals surface area contributed by atoms with Crippen molar-refractivity contribution < 1.29 is 9.59 Å². The third-order valence-electron chi connectivity index (χ3n) is 9.92. The van der Waals surface area contributed by atoms with Gasteiger partial charge in [0.15, 0.2) is 0 Å². The smallest absolute Gasteiger partial charge is 0.229 e. The van der Waals surface area contributed by atoms with E-state index < -0.39 is 0 Å². The minimum absolute atomic E-state index is 0.0212. The first-order valence-corrected chi connectivity index (χ1v) is 13.8. The average molecular weight is 485 g/mol. The normalized spacial score (nSPS) is 37.9. The van der Waals surface area contributed by atoms with Crippen molar-refractivity contribution in [1.29, 1.82) is 0 Å². The number of amides is 2. The fraction of sp³-hybridized carbons (Fsp3) is 0.778. The first kappa shape index (κ1) is 24.0. The second kappa shape index (κ2) is 7.87. The number of anilines is 1. The first-order chi connectivity index (χ1) is 15.9. The van der Waals surface area contributed by atoms with Crippen molar-refractivity contribution in [2.24, 2.45) is 34.5 Å². The van der Waals surface area contributed by atoms with E-state index in [9.17, 15) is 9.59 Å². The molecule has 1 N–H and O–H groups in total. The standard InChI is InChI=1S/C27H40N4O2S/c1-15-14-16-17-8-9-19(22(33)28-24-30-29-23(34-24)25(2,3)4)26(17,5)12-10-18(16)27(6)13-11-20(32)31(7)21(15)27/h16-19H,8-14H2,1-7H3,(H,28,30,33)/t16-,17-,18+,19?,26-,27+/m0/s1. The summed E-state index contributed by atoms with van der Waals surface area (Å²) in [7, 11) is 1.97. The van der Waals surface area contributed by atoms with Crippen molar-refractivity contribution in [3.8, 4) is 0 Å². The zero-order chi connectivity index (χ0) is 24.6.